The first-order chi connectivity index (χ1) is 15.2. The number of rotatable bonds is 8. The fourth-order valence-corrected chi connectivity index (χ4v) is 2.92. The van der Waals surface area contributed by atoms with Crippen molar-refractivity contribution in [1.29, 1.82) is 0 Å². The lowest BCUT2D eigenvalue weighted by Crippen LogP contribution is -2.59. The summed E-state index contributed by atoms with van der Waals surface area (Å²) in [5.74, 6) is 0. The molecule has 10 atom stereocenters. The lowest BCUT2D eigenvalue weighted by Gasteiger charge is -2.39. The van der Waals surface area contributed by atoms with E-state index in [0.717, 1.165) is 0 Å². The zero-order valence-corrected chi connectivity index (χ0v) is 22.0. The molecule has 13 heteroatoms. The summed E-state index contributed by atoms with van der Waals surface area (Å²) < 4.78 is 20.5. The zero-order chi connectivity index (χ0) is 24.8. The third-order valence-electron chi connectivity index (χ3n) is 4.68. The summed E-state index contributed by atoms with van der Waals surface area (Å²) in [4.78, 5) is 0. The van der Waals surface area contributed by atoms with Crippen LogP contribution in [0.2, 0.25) is 0 Å². The van der Waals surface area contributed by atoms with E-state index in [1.54, 1.807) is 0 Å². The molecule has 0 saturated carbocycles. The van der Waals surface area contributed by atoms with Crippen LogP contribution in [0.5, 0.6) is 0 Å². The van der Waals surface area contributed by atoms with E-state index in [9.17, 15) is 30.6 Å². The third-order valence-corrected chi connectivity index (χ3v) is 4.68. The molecule has 2 aliphatic rings. The van der Waals surface area contributed by atoms with Crippen molar-refractivity contribution in [2.24, 2.45) is 0 Å². The molecule has 0 aromatic carbocycles. The minimum Gasteiger partial charge on any atom is -0.394 e. The molecule has 32 heavy (non-hydrogen) atoms. The second-order valence-corrected chi connectivity index (χ2v) is 6.86. The standard InChI is InChI=1S/C10H18O5.C9H16O6.I2/c1-3-5-14-10-9(13)8(12)7(11)6(4-2)15-10;1-2-3-14-9-8(13)7(12)6(11)5(4-10)15-9;1-2/h3,6-13H,1,4-5H2,2H3;2,5-13H,1,3-4H2;. The molecule has 2 rings (SSSR count). The maximum atomic E-state index is 9.55. The normalized spacial score (nSPS) is 39.1. The van der Waals surface area contributed by atoms with E-state index in [4.69, 9.17) is 24.1 Å². The minimum absolute atomic E-state index is 0.142. The second-order valence-electron chi connectivity index (χ2n) is 6.86. The Labute approximate surface area is 211 Å². The molecule has 2 heterocycles. The molecule has 0 spiro atoms. The molecule has 2 fully saturated rings. The molecule has 0 aromatic heterocycles. The van der Waals surface area contributed by atoms with E-state index >= 15 is 0 Å². The lowest BCUT2D eigenvalue weighted by atomic mass is 9.97. The number of aliphatic hydroxyl groups excluding tert-OH is 7. The predicted molar refractivity (Wildman–Crippen MR) is 131 cm³/mol. The Morgan fingerprint density at radius 1 is 0.719 bits per heavy atom. The van der Waals surface area contributed by atoms with Crippen LogP contribution in [0, 0.1) is 0 Å². The lowest BCUT2D eigenvalue weighted by molar-refractivity contribution is -0.298. The van der Waals surface area contributed by atoms with Crippen LogP contribution in [0.25, 0.3) is 0 Å². The molecule has 10 unspecified atom stereocenters. The quantitative estimate of drug-likeness (QED) is 0.125. The molecule has 0 amide bonds. The Bertz CT molecular complexity index is 468. The van der Waals surface area contributed by atoms with Gasteiger partial charge in [0.1, 0.15) is 42.7 Å². The van der Waals surface area contributed by atoms with Gasteiger partial charge in [-0.3, -0.25) is 0 Å². The van der Waals surface area contributed by atoms with Crippen LogP contribution in [0.15, 0.2) is 25.3 Å². The van der Waals surface area contributed by atoms with E-state index in [1.807, 2.05) is 6.92 Å². The van der Waals surface area contributed by atoms with Crippen LogP contribution in [0.4, 0.5) is 0 Å². The highest BCUT2D eigenvalue weighted by Crippen LogP contribution is 2.24. The molecule has 0 bridgehead atoms. The van der Waals surface area contributed by atoms with Crippen LogP contribution in [0.1, 0.15) is 13.3 Å². The van der Waals surface area contributed by atoms with Crippen molar-refractivity contribution < 1.29 is 54.7 Å². The van der Waals surface area contributed by atoms with Crippen LogP contribution >= 0.6 is 37.2 Å². The second kappa shape index (κ2) is 17.9. The molecule has 2 aliphatic heterocycles. The Hall–Kier alpha value is 0.500. The summed E-state index contributed by atoms with van der Waals surface area (Å²) in [6.45, 7) is 8.62. The van der Waals surface area contributed by atoms with Crippen molar-refractivity contribution in [3.63, 3.8) is 0 Å². The number of aliphatic hydroxyl groups is 7. The van der Waals surface area contributed by atoms with Gasteiger partial charge in [-0.15, -0.1) is 13.2 Å². The van der Waals surface area contributed by atoms with Gasteiger partial charge in [-0.25, -0.2) is 0 Å². The van der Waals surface area contributed by atoms with Crippen molar-refractivity contribution >= 4 is 37.2 Å². The minimum atomic E-state index is -1.40. The fraction of sp³-hybridized carbons (Fsp3) is 0.789. The van der Waals surface area contributed by atoms with Gasteiger partial charge in [0.2, 0.25) is 0 Å². The fourth-order valence-electron chi connectivity index (χ4n) is 2.92. The highest BCUT2D eigenvalue weighted by Gasteiger charge is 2.44. The largest absolute Gasteiger partial charge is 0.394 e. The van der Waals surface area contributed by atoms with Gasteiger partial charge >= 0.3 is 0 Å². The molecule has 2 saturated heterocycles. The molecule has 0 aliphatic carbocycles. The zero-order valence-electron chi connectivity index (χ0n) is 17.7. The van der Waals surface area contributed by atoms with Gasteiger partial charge in [0.05, 0.1) is 25.9 Å². The third kappa shape index (κ3) is 9.63. The van der Waals surface area contributed by atoms with E-state index in [2.05, 4.69) is 50.4 Å². The Morgan fingerprint density at radius 2 is 1.09 bits per heavy atom. The summed E-state index contributed by atoms with van der Waals surface area (Å²) in [6, 6.07) is 0. The smallest absolute Gasteiger partial charge is 0.187 e. The van der Waals surface area contributed by atoms with Gasteiger partial charge in [0, 0.05) is 37.2 Å². The topological polar surface area (TPSA) is 179 Å². The molecule has 11 nitrogen and oxygen atoms in total. The van der Waals surface area contributed by atoms with Gasteiger partial charge in [-0.05, 0) is 6.42 Å². The monoisotopic (exact) mass is 692 g/mol. The average molecular weight is 692 g/mol. The highest BCUT2D eigenvalue weighted by atomic mass is 128. The summed E-state index contributed by atoms with van der Waals surface area (Å²) in [7, 11) is 0. The molecule has 0 aromatic rings. The van der Waals surface area contributed by atoms with Crippen molar-refractivity contribution in [2.45, 2.75) is 74.8 Å². The maximum Gasteiger partial charge on any atom is 0.187 e. The van der Waals surface area contributed by atoms with E-state index in [0.29, 0.717) is 6.42 Å². The van der Waals surface area contributed by atoms with Crippen LogP contribution in [0.3, 0.4) is 0 Å². The Balaban J connectivity index is 0.000000557. The van der Waals surface area contributed by atoms with Crippen molar-refractivity contribution in [1.82, 2.24) is 0 Å². The van der Waals surface area contributed by atoms with Crippen LogP contribution in [-0.4, -0.2) is 117 Å². The van der Waals surface area contributed by atoms with Gasteiger partial charge in [-0.1, -0.05) is 19.1 Å². The van der Waals surface area contributed by atoms with Crippen molar-refractivity contribution in [3.05, 3.63) is 25.3 Å². The van der Waals surface area contributed by atoms with Crippen LogP contribution in [-0.2, 0) is 18.9 Å². The molecular weight excluding hydrogens is 658 g/mol. The molecule has 7 N–H and O–H groups in total. The summed E-state index contributed by atoms with van der Waals surface area (Å²) >= 11 is 4.24. The van der Waals surface area contributed by atoms with Gasteiger partial charge in [0.25, 0.3) is 0 Å². The Kier molecular flexibility index (Phi) is 18.1. The summed E-state index contributed by atoms with van der Waals surface area (Å²) in [5.41, 5.74) is 0. The SMILES string of the molecule is C=CCOC1OC(CC)C(O)C(O)C1O.C=CCOC1OC(CO)C(O)C(O)C1O.II. The number of hydrogen-bond acceptors (Lipinski definition) is 11. The Morgan fingerprint density at radius 3 is 1.44 bits per heavy atom. The van der Waals surface area contributed by atoms with Gasteiger partial charge in [-0.2, -0.15) is 0 Å². The van der Waals surface area contributed by atoms with E-state index < -0.39 is 68.0 Å². The first kappa shape index (κ1) is 32.5. The predicted octanol–water partition coefficient (Wildman–Crippen LogP) is -0.833. The van der Waals surface area contributed by atoms with E-state index in [1.165, 1.54) is 12.2 Å². The number of ether oxygens (including phenoxy) is 4. The average Bonchev–Trinajstić information content (AvgIpc) is 2.82. The summed E-state index contributed by atoms with van der Waals surface area (Å²) in [6.07, 6.45) is -7.55. The van der Waals surface area contributed by atoms with E-state index in [-0.39, 0.29) is 13.2 Å². The van der Waals surface area contributed by atoms with Crippen molar-refractivity contribution in [3.8, 4) is 0 Å². The maximum absolute atomic E-state index is 9.55. The number of hydrogen-bond donors (Lipinski definition) is 7. The molecular formula is C19H34I2O11. The van der Waals surface area contributed by atoms with Crippen molar-refractivity contribution in [2.75, 3.05) is 19.8 Å². The summed E-state index contributed by atoms with van der Waals surface area (Å²) in [5, 5.41) is 65.8. The first-order valence-corrected chi connectivity index (χ1v) is 16.1. The first-order valence-electron chi connectivity index (χ1n) is 9.82. The van der Waals surface area contributed by atoms with Gasteiger partial charge < -0.3 is 54.7 Å². The number of halogens is 2. The van der Waals surface area contributed by atoms with Gasteiger partial charge in [0.15, 0.2) is 12.6 Å². The molecule has 0 radical (unpaired) electrons. The van der Waals surface area contributed by atoms with Crippen LogP contribution < -0.4 is 0 Å². The highest BCUT2D eigenvalue weighted by molar-refractivity contribution is 15.0. The molecule has 190 valence electrons.